The summed E-state index contributed by atoms with van der Waals surface area (Å²) in [5.74, 6) is 0. The molecule has 2 unspecified atom stereocenters. The number of ether oxygens (including phenoxy) is 2. The molecule has 76 heavy (non-hydrogen) atoms. The highest BCUT2D eigenvalue weighted by Crippen LogP contribution is 2.37. The van der Waals surface area contributed by atoms with E-state index in [-0.39, 0.29) is 30.8 Å². The van der Waals surface area contributed by atoms with Gasteiger partial charge in [0.15, 0.2) is 6.23 Å². The van der Waals surface area contributed by atoms with E-state index in [1.807, 2.05) is 88.7 Å². The molecule has 0 aromatic carbocycles. The first-order valence-electron chi connectivity index (χ1n) is 25.6. The zero-order chi connectivity index (χ0) is 51.8. The van der Waals surface area contributed by atoms with E-state index in [1.165, 1.54) is 12.8 Å². The van der Waals surface area contributed by atoms with Crippen LogP contribution in [-0.2, 0) is 18.8 Å². The van der Waals surface area contributed by atoms with Crippen LogP contribution >= 0.6 is 11.6 Å². The molecule has 3 aliphatic rings. The van der Waals surface area contributed by atoms with E-state index in [2.05, 4.69) is 100 Å². The lowest BCUT2D eigenvalue weighted by Gasteiger charge is -2.32. The molecule has 0 amide bonds. The highest BCUT2D eigenvalue weighted by atomic mass is 35.5. The molecule has 3 saturated heterocycles. The average molecular weight is 1040 g/mol. The minimum atomic E-state index is -0.381. The van der Waals surface area contributed by atoms with Crippen molar-refractivity contribution in [3.8, 4) is 22.8 Å². The van der Waals surface area contributed by atoms with Crippen LogP contribution in [0, 0.1) is 0 Å². The van der Waals surface area contributed by atoms with Gasteiger partial charge in [0.25, 0.3) is 0 Å². The van der Waals surface area contributed by atoms with Gasteiger partial charge in [-0.25, -0.2) is 24.3 Å². The maximum Gasteiger partial charge on any atom is 0.514 e. The summed E-state index contributed by atoms with van der Waals surface area (Å²) in [5, 5.41) is 22.7. The van der Waals surface area contributed by atoms with Crippen molar-refractivity contribution < 1.29 is 18.8 Å². The number of aromatic nitrogens is 15. The number of halogens is 1. The Morgan fingerprint density at radius 1 is 0.526 bits per heavy atom. The van der Waals surface area contributed by atoms with Crippen LogP contribution in [0.5, 0.6) is 0 Å². The number of nitrogens with zero attached hydrogens (tertiary/aromatic N) is 11. The quantitative estimate of drug-likeness (QED) is 0.0931. The van der Waals surface area contributed by atoms with Crippen molar-refractivity contribution in [2.45, 2.75) is 89.9 Å². The van der Waals surface area contributed by atoms with Crippen LogP contribution < -0.4 is 5.59 Å². The Bertz CT molecular complexity index is 3930. The second kappa shape index (κ2) is 20.7. The summed E-state index contributed by atoms with van der Waals surface area (Å²) in [7, 11) is -0.381. The Hall–Kier alpha value is -7.88. The minimum absolute atomic E-state index is 0.00720. The van der Waals surface area contributed by atoms with Crippen LogP contribution in [0.1, 0.15) is 78.7 Å². The summed E-state index contributed by atoms with van der Waals surface area (Å²) >= 11 is 5.80. The number of rotatable bonds is 5. The summed E-state index contributed by atoms with van der Waals surface area (Å²) in [6.45, 7) is 9.84. The van der Waals surface area contributed by atoms with Crippen molar-refractivity contribution in [1.29, 1.82) is 0 Å². The van der Waals surface area contributed by atoms with Crippen LogP contribution in [0.2, 0.25) is 5.15 Å². The Labute approximate surface area is 441 Å². The van der Waals surface area contributed by atoms with Gasteiger partial charge in [-0.15, -0.1) is 0 Å². The van der Waals surface area contributed by atoms with Gasteiger partial charge in [0.1, 0.15) is 28.3 Å². The van der Waals surface area contributed by atoms with Crippen LogP contribution in [0.4, 0.5) is 0 Å². The molecular formula is C55H55BClN15O4. The van der Waals surface area contributed by atoms with Crippen LogP contribution in [0.25, 0.3) is 88.6 Å². The normalized spacial score (nSPS) is 18.1. The molecular weight excluding hydrogens is 981 g/mol. The number of H-pyrrole nitrogens is 4. The molecule has 3 aliphatic heterocycles. The number of pyridine rings is 6. The summed E-state index contributed by atoms with van der Waals surface area (Å²) in [5.41, 5.74) is 9.62. The van der Waals surface area contributed by atoms with Crippen LogP contribution in [-0.4, -0.2) is 106 Å². The fourth-order valence-electron chi connectivity index (χ4n) is 9.81. The van der Waals surface area contributed by atoms with Gasteiger partial charge in [-0.1, -0.05) is 11.6 Å². The van der Waals surface area contributed by atoms with E-state index in [1.54, 1.807) is 37.1 Å². The molecule has 4 N–H and O–H groups in total. The van der Waals surface area contributed by atoms with Crippen molar-refractivity contribution in [1.82, 2.24) is 74.6 Å². The number of hydrogen-bond donors (Lipinski definition) is 4. The molecule has 15 heterocycles. The second-order valence-electron chi connectivity index (χ2n) is 19.9. The molecule has 0 bridgehead atoms. The molecule has 19 nitrogen and oxygen atoms in total. The monoisotopic (exact) mass is 1040 g/mol. The van der Waals surface area contributed by atoms with Crippen molar-refractivity contribution >= 4 is 90.1 Å². The van der Waals surface area contributed by atoms with Crippen LogP contribution in [0.15, 0.2) is 129 Å². The number of aromatic amines is 4. The third-order valence-electron chi connectivity index (χ3n) is 14.5. The molecule has 15 rings (SSSR count). The smallest absolute Gasteiger partial charge is 0.398 e. The number of fused-ring (bicyclic) bond motifs is 9. The van der Waals surface area contributed by atoms with Crippen molar-refractivity contribution in [3.05, 3.63) is 134 Å². The lowest BCUT2D eigenvalue weighted by atomic mass is 9.84. The molecule has 0 aliphatic carbocycles. The largest absolute Gasteiger partial charge is 0.514 e. The Kier molecular flexibility index (Phi) is 13.3. The van der Waals surface area contributed by atoms with Crippen molar-refractivity contribution in [2.75, 3.05) is 13.2 Å². The predicted molar refractivity (Wildman–Crippen MR) is 294 cm³/mol. The lowest BCUT2D eigenvalue weighted by molar-refractivity contribution is -0.0384. The SMILES string of the molecule is CC1(C)OB(c2ccnn2C2CCCCO2)OC1(C)C.Clc1ccc2c(n1)[nH]c1ccncc12.c1cc2[nH]c3nc(-c4ccn[nH]4)ccc3c2cn1.c1cc2[nH]c3nc(-c4ccnn4C4CCCCO4)ccc3c2cn1. The average Bonchev–Trinajstić information content (AvgIpc) is 4.33. The maximum atomic E-state index is 6.10. The summed E-state index contributed by atoms with van der Waals surface area (Å²) < 4.78 is 27.8. The summed E-state index contributed by atoms with van der Waals surface area (Å²) in [6, 6.07) is 23.6. The third-order valence-corrected chi connectivity index (χ3v) is 14.7. The Morgan fingerprint density at radius 3 is 1.59 bits per heavy atom. The first-order chi connectivity index (χ1) is 37.1. The topological polar surface area (TPSA) is 226 Å². The van der Waals surface area contributed by atoms with E-state index >= 15 is 0 Å². The van der Waals surface area contributed by atoms with E-state index in [0.717, 1.165) is 133 Å². The first kappa shape index (κ1) is 49.0. The zero-order valence-corrected chi connectivity index (χ0v) is 43.2. The molecule has 12 aromatic heterocycles. The first-order valence-corrected chi connectivity index (χ1v) is 25.9. The van der Waals surface area contributed by atoms with Gasteiger partial charge in [-0.3, -0.25) is 20.1 Å². The van der Waals surface area contributed by atoms with E-state index in [9.17, 15) is 0 Å². The molecule has 0 radical (unpaired) electrons. The highest BCUT2D eigenvalue weighted by molar-refractivity contribution is 6.61. The van der Waals surface area contributed by atoms with Crippen molar-refractivity contribution in [2.24, 2.45) is 0 Å². The van der Waals surface area contributed by atoms with Gasteiger partial charge in [0.2, 0.25) is 0 Å². The molecule has 384 valence electrons. The van der Waals surface area contributed by atoms with Crippen molar-refractivity contribution in [3.63, 3.8) is 0 Å². The fraction of sp³-hybridized carbons (Fsp3) is 0.291. The lowest BCUT2D eigenvalue weighted by Crippen LogP contribution is -2.42. The van der Waals surface area contributed by atoms with Gasteiger partial charge in [-0.05, 0) is 139 Å². The predicted octanol–water partition coefficient (Wildman–Crippen LogP) is 10.8. The zero-order valence-electron chi connectivity index (χ0n) is 42.4. The van der Waals surface area contributed by atoms with E-state index in [4.69, 9.17) is 35.4 Å². The Balaban J connectivity index is 0.000000104. The minimum Gasteiger partial charge on any atom is -0.398 e. The molecule has 0 spiro atoms. The van der Waals surface area contributed by atoms with Gasteiger partial charge in [0, 0.05) is 101 Å². The van der Waals surface area contributed by atoms with Gasteiger partial charge < -0.3 is 33.7 Å². The van der Waals surface area contributed by atoms with Crippen LogP contribution in [0.3, 0.4) is 0 Å². The van der Waals surface area contributed by atoms with E-state index < -0.39 is 0 Å². The van der Waals surface area contributed by atoms with Gasteiger partial charge in [0.05, 0.1) is 56.1 Å². The van der Waals surface area contributed by atoms with E-state index in [0.29, 0.717) is 5.15 Å². The number of hydrogen-bond acceptors (Lipinski definition) is 13. The molecule has 3 fully saturated rings. The second-order valence-corrected chi connectivity index (χ2v) is 20.3. The summed E-state index contributed by atoms with van der Waals surface area (Å²) in [6.07, 6.45) is 22.8. The number of nitrogens with one attached hydrogen (secondary N) is 4. The highest BCUT2D eigenvalue weighted by Gasteiger charge is 2.53. The summed E-state index contributed by atoms with van der Waals surface area (Å²) in [4.78, 5) is 35.9. The molecule has 12 aromatic rings. The molecule has 21 heteroatoms. The molecule has 2 atom stereocenters. The molecule has 0 saturated carbocycles. The van der Waals surface area contributed by atoms with Gasteiger partial charge in [-0.2, -0.15) is 15.3 Å². The fourth-order valence-corrected chi connectivity index (χ4v) is 9.96. The standard InChI is InChI=1S/C18H17N5O.C14H23BN2O3.C13H9N5.C10H6ClN3/c1-2-10-24-17(3-1)23-16(7-9-20-23)15-5-4-12-13-11-19-8-6-14(13)21-18(12)22-15;1-13(2)14(3,4)20-15(19-13)11-8-9-16-17(11)12-7-5-6-10-18-12;1-2-11(12-4-6-15-18-12)17-13-8(1)9-7-14-5-3-10(9)16-13;11-9-2-1-6-7-5-12-4-3-8(7)13-10(6)14-9/h4-9,11,17H,1-3,10H2,(H,21,22);8-9,12H,5-7,10H2,1-4H3;1-7H,(H,15,18)(H,16,17);1-5H,(H,13,14). The Morgan fingerprint density at radius 2 is 1.04 bits per heavy atom. The maximum absolute atomic E-state index is 6.10. The third kappa shape index (κ3) is 9.69. The van der Waals surface area contributed by atoms with Gasteiger partial charge >= 0.3 is 7.12 Å².